The summed E-state index contributed by atoms with van der Waals surface area (Å²) in [4.78, 5) is 0. The van der Waals surface area contributed by atoms with Gasteiger partial charge in [-0.15, -0.1) is 0 Å². The van der Waals surface area contributed by atoms with Crippen LogP contribution < -0.4 is 21.7 Å². The lowest BCUT2D eigenvalue weighted by molar-refractivity contribution is 0.314. The lowest BCUT2D eigenvalue weighted by atomic mass is 10.3. The summed E-state index contributed by atoms with van der Waals surface area (Å²) in [5, 5.41) is 9.95. The van der Waals surface area contributed by atoms with Gasteiger partial charge in [0.05, 0.1) is 0 Å². The average molecular weight is 158 g/mol. The summed E-state index contributed by atoms with van der Waals surface area (Å²) in [6, 6.07) is 0. The smallest absolute Gasteiger partial charge is 0.111 e. The van der Waals surface area contributed by atoms with Crippen LogP contribution in [0, 0.1) is 0 Å². The van der Waals surface area contributed by atoms with E-state index < -0.39 is 0 Å². The fraction of sp³-hybridized carbons (Fsp3) is 1.00. The van der Waals surface area contributed by atoms with Crippen molar-refractivity contribution in [2.75, 3.05) is 26.2 Å². The third kappa shape index (κ3) is 3.67. The topological polar surface area (TPSA) is 62.1 Å². The molecule has 0 saturated carbocycles. The van der Waals surface area contributed by atoms with Gasteiger partial charge in [0.2, 0.25) is 0 Å². The Balaban J connectivity index is 1.96. The largest absolute Gasteiger partial charge is 0.330 e. The van der Waals surface area contributed by atoms with Crippen molar-refractivity contribution in [2.24, 2.45) is 5.73 Å². The summed E-state index contributed by atoms with van der Waals surface area (Å²) in [6.07, 6.45) is 2.56. The van der Waals surface area contributed by atoms with E-state index in [0.717, 1.165) is 32.6 Å². The third-order valence-electron chi connectivity index (χ3n) is 1.78. The van der Waals surface area contributed by atoms with Gasteiger partial charge in [-0.1, -0.05) is 0 Å². The molecule has 11 heavy (non-hydrogen) atoms. The van der Waals surface area contributed by atoms with Gasteiger partial charge in [0.25, 0.3) is 0 Å². The predicted octanol–water partition coefficient (Wildman–Crippen LogP) is -1.21. The molecule has 1 heterocycles. The molecule has 66 valence electrons. The van der Waals surface area contributed by atoms with Gasteiger partial charge in [0.15, 0.2) is 0 Å². The number of hydrogen-bond donors (Lipinski definition) is 4. The van der Waals surface area contributed by atoms with Crippen LogP contribution in [0.25, 0.3) is 0 Å². The highest BCUT2D eigenvalue weighted by Gasteiger charge is 2.08. The fourth-order valence-electron chi connectivity index (χ4n) is 1.15. The Morgan fingerprint density at radius 2 is 2.09 bits per heavy atom. The summed E-state index contributed by atoms with van der Waals surface area (Å²) in [7, 11) is 0. The highest BCUT2D eigenvalue weighted by Crippen LogP contribution is 1.84. The minimum atomic E-state index is 0.301. The molecule has 1 fully saturated rings. The second kappa shape index (κ2) is 5.49. The molecule has 1 saturated heterocycles. The van der Waals surface area contributed by atoms with E-state index in [2.05, 4.69) is 16.0 Å². The minimum absolute atomic E-state index is 0.301. The van der Waals surface area contributed by atoms with Gasteiger partial charge in [-0.05, 0) is 39.0 Å². The van der Waals surface area contributed by atoms with Gasteiger partial charge in [-0.3, -0.25) is 16.0 Å². The van der Waals surface area contributed by atoms with Gasteiger partial charge in [0.1, 0.15) is 6.29 Å². The molecule has 0 spiro atoms. The maximum absolute atomic E-state index is 5.36. The molecule has 0 amide bonds. The standard InChI is InChI=1S/C7H18N4/c8-3-1-4-9-7-10-5-2-6-11-7/h7,9-11H,1-6,8H2. The molecule has 0 aliphatic carbocycles. The third-order valence-corrected chi connectivity index (χ3v) is 1.78. The quantitative estimate of drug-likeness (QED) is 0.388. The Bertz CT molecular complexity index is 90.4. The van der Waals surface area contributed by atoms with E-state index in [9.17, 15) is 0 Å². The fourth-order valence-corrected chi connectivity index (χ4v) is 1.15. The van der Waals surface area contributed by atoms with Crippen molar-refractivity contribution >= 4 is 0 Å². The first-order valence-electron chi connectivity index (χ1n) is 4.33. The molecule has 0 aromatic rings. The van der Waals surface area contributed by atoms with Crippen LogP contribution in [0.4, 0.5) is 0 Å². The van der Waals surface area contributed by atoms with Crippen LogP contribution in [0.2, 0.25) is 0 Å². The van der Waals surface area contributed by atoms with Crippen molar-refractivity contribution in [3.63, 3.8) is 0 Å². The molecule has 0 aromatic carbocycles. The first-order valence-corrected chi connectivity index (χ1v) is 4.33. The molecule has 0 atom stereocenters. The monoisotopic (exact) mass is 158 g/mol. The van der Waals surface area contributed by atoms with Gasteiger partial charge in [0, 0.05) is 0 Å². The summed E-state index contributed by atoms with van der Waals surface area (Å²) in [6.45, 7) is 3.96. The summed E-state index contributed by atoms with van der Waals surface area (Å²) >= 11 is 0. The van der Waals surface area contributed by atoms with Crippen molar-refractivity contribution in [3.05, 3.63) is 0 Å². The van der Waals surface area contributed by atoms with Crippen LogP contribution in [0.5, 0.6) is 0 Å². The maximum atomic E-state index is 5.36. The van der Waals surface area contributed by atoms with Crippen LogP contribution in [0.15, 0.2) is 0 Å². The number of hydrogen-bond acceptors (Lipinski definition) is 4. The van der Waals surface area contributed by atoms with Crippen LogP contribution in [0.1, 0.15) is 12.8 Å². The first-order chi connectivity index (χ1) is 5.43. The van der Waals surface area contributed by atoms with Gasteiger partial charge >= 0.3 is 0 Å². The van der Waals surface area contributed by atoms with Gasteiger partial charge in [-0.25, -0.2) is 0 Å². The van der Waals surface area contributed by atoms with Gasteiger partial charge < -0.3 is 5.73 Å². The zero-order valence-electron chi connectivity index (χ0n) is 6.90. The van der Waals surface area contributed by atoms with Crippen LogP contribution in [0.3, 0.4) is 0 Å². The highest BCUT2D eigenvalue weighted by atomic mass is 15.3. The summed E-state index contributed by atoms with van der Waals surface area (Å²) in [5.74, 6) is 0. The average Bonchev–Trinajstić information content (AvgIpc) is 2.07. The van der Waals surface area contributed by atoms with E-state index in [0.29, 0.717) is 6.29 Å². The normalized spacial score (nSPS) is 20.5. The lowest BCUT2D eigenvalue weighted by Gasteiger charge is -2.25. The number of nitrogens with two attached hydrogens (primary N) is 1. The zero-order chi connectivity index (χ0) is 7.94. The zero-order valence-corrected chi connectivity index (χ0v) is 6.90. The summed E-state index contributed by atoms with van der Waals surface area (Å²) < 4.78 is 0. The molecule has 5 N–H and O–H groups in total. The minimum Gasteiger partial charge on any atom is -0.330 e. The maximum Gasteiger partial charge on any atom is 0.111 e. The molecule has 0 radical (unpaired) electrons. The van der Waals surface area contributed by atoms with Crippen LogP contribution in [-0.2, 0) is 0 Å². The Labute approximate surface area is 67.9 Å². The van der Waals surface area contributed by atoms with E-state index in [1.807, 2.05) is 0 Å². The van der Waals surface area contributed by atoms with Crippen molar-refractivity contribution in [3.8, 4) is 0 Å². The molecule has 0 unspecified atom stereocenters. The van der Waals surface area contributed by atoms with Crippen molar-refractivity contribution in [1.29, 1.82) is 0 Å². The Hall–Kier alpha value is -0.160. The van der Waals surface area contributed by atoms with E-state index in [1.165, 1.54) is 6.42 Å². The molecular formula is C7H18N4. The van der Waals surface area contributed by atoms with Crippen molar-refractivity contribution in [1.82, 2.24) is 16.0 Å². The van der Waals surface area contributed by atoms with E-state index in [4.69, 9.17) is 5.73 Å². The second-order valence-electron chi connectivity index (χ2n) is 2.79. The first kappa shape index (κ1) is 8.93. The number of rotatable bonds is 4. The molecule has 1 aliphatic heterocycles. The molecule has 1 aliphatic rings. The number of nitrogens with one attached hydrogen (secondary N) is 3. The summed E-state index contributed by atoms with van der Waals surface area (Å²) in [5.41, 5.74) is 5.36. The van der Waals surface area contributed by atoms with Crippen LogP contribution in [-0.4, -0.2) is 32.5 Å². The molecular weight excluding hydrogens is 140 g/mol. The Morgan fingerprint density at radius 1 is 1.36 bits per heavy atom. The highest BCUT2D eigenvalue weighted by molar-refractivity contribution is 4.67. The molecule has 0 aromatic heterocycles. The van der Waals surface area contributed by atoms with E-state index >= 15 is 0 Å². The molecule has 0 bridgehead atoms. The Morgan fingerprint density at radius 3 is 2.73 bits per heavy atom. The van der Waals surface area contributed by atoms with Crippen molar-refractivity contribution < 1.29 is 0 Å². The van der Waals surface area contributed by atoms with E-state index in [-0.39, 0.29) is 0 Å². The van der Waals surface area contributed by atoms with E-state index in [1.54, 1.807) is 0 Å². The Kier molecular flexibility index (Phi) is 4.45. The van der Waals surface area contributed by atoms with Gasteiger partial charge in [-0.2, -0.15) is 0 Å². The predicted molar refractivity (Wildman–Crippen MR) is 46.1 cm³/mol. The second-order valence-corrected chi connectivity index (χ2v) is 2.79. The van der Waals surface area contributed by atoms with Crippen molar-refractivity contribution in [2.45, 2.75) is 19.1 Å². The lowest BCUT2D eigenvalue weighted by Crippen LogP contribution is -2.57. The molecule has 1 rings (SSSR count). The SMILES string of the molecule is NCCCNC1NCCCN1. The molecule has 4 nitrogen and oxygen atoms in total. The van der Waals surface area contributed by atoms with Crippen LogP contribution >= 0.6 is 0 Å². The molecule has 4 heteroatoms.